The smallest absolute Gasteiger partial charge is 0.342 e. The summed E-state index contributed by atoms with van der Waals surface area (Å²) in [6, 6.07) is 5.25. The predicted molar refractivity (Wildman–Crippen MR) is 111 cm³/mol. The molecule has 1 aromatic rings. The van der Waals surface area contributed by atoms with Crippen molar-refractivity contribution in [2.24, 2.45) is 0 Å². The number of hydrogen-bond acceptors (Lipinski definition) is 3. The molecule has 1 N–H and O–H groups in total. The number of phenolic OH excluding ortho intramolecular Hbond substituents is 1. The Bertz CT molecular complexity index is 591. The molecule has 0 aliphatic carbocycles. The van der Waals surface area contributed by atoms with Crippen LogP contribution in [0.5, 0.6) is 5.75 Å². The van der Waals surface area contributed by atoms with Gasteiger partial charge in [-0.1, -0.05) is 69.7 Å². The summed E-state index contributed by atoms with van der Waals surface area (Å²) in [7, 11) is 0. The molecule has 0 aromatic heterocycles. The molecule has 1 aliphatic rings. The zero-order valence-electron chi connectivity index (χ0n) is 16.9. The van der Waals surface area contributed by atoms with Gasteiger partial charge in [0, 0.05) is 6.42 Å². The van der Waals surface area contributed by atoms with Crippen molar-refractivity contribution in [1.29, 1.82) is 0 Å². The molecule has 27 heavy (non-hydrogen) atoms. The Hall–Kier alpha value is -1.77. The van der Waals surface area contributed by atoms with Crippen molar-refractivity contribution in [3.63, 3.8) is 0 Å². The topological polar surface area (TPSA) is 46.5 Å². The number of cyclic esters (lactones) is 1. The average molecular weight is 373 g/mol. The quantitative estimate of drug-likeness (QED) is 0.237. The Kier molecular flexibility index (Phi) is 10.0. The highest BCUT2D eigenvalue weighted by Gasteiger charge is 2.28. The summed E-state index contributed by atoms with van der Waals surface area (Å²) in [6.45, 7) is 2.26. The molecule has 1 heterocycles. The van der Waals surface area contributed by atoms with Crippen molar-refractivity contribution in [3.05, 3.63) is 41.5 Å². The maximum Gasteiger partial charge on any atom is 0.342 e. The molecule has 3 heteroatoms. The zero-order valence-corrected chi connectivity index (χ0v) is 16.9. The lowest BCUT2D eigenvalue weighted by molar-refractivity contribution is 0.0228. The summed E-state index contributed by atoms with van der Waals surface area (Å²) >= 11 is 0. The van der Waals surface area contributed by atoms with Crippen molar-refractivity contribution in [1.82, 2.24) is 0 Å². The first-order valence-corrected chi connectivity index (χ1v) is 10.9. The molecule has 0 saturated carbocycles. The minimum Gasteiger partial charge on any atom is -0.507 e. The van der Waals surface area contributed by atoms with Gasteiger partial charge in [-0.15, -0.1) is 0 Å². The van der Waals surface area contributed by atoms with Crippen LogP contribution in [0.1, 0.15) is 99.9 Å². The lowest BCUT2D eigenvalue weighted by atomic mass is 9.95. The molecule has 0 unspecified atom stereocenters. The second-order valence-electron chi connectivity index (χ2n) is 7.71. The Morgan fingerprint density at radius 2 is 1.67 bits per heavy atom. The molecule has 150 valence electrons. The van der Waals surface area contributed by atoms with Gasteiger partial charge in [-0.2, -0.15) is 0 Å². The fourth-order valence-electron chi connectivity index (χ4n) is 3.74. The van der Waals surface area contributed by atoms with Crippen LogP contribution in [0.3, 0.4) is 0 Å². The molecule has 0 saturated heterocycles. The maximum absolute atomic E-state index is 12.1. The van der Waals surface area contributed by atoms with Gasteiger partial charge in [-0.05, 0) is 50.2 Å². The third-order valence-corrected chi connectivity index (χ3v) is 5.34. The fourth-order valence-corrected chi connectivity index (χ4v) is 3.74. The Morgan fingerprint density at radius 3 is 2.41 bits per heavy atom. The normalized spacial score (nSPS) is 16.5. The number of phenols is 1. The maximum atomic E-state index is 12.1. The number of carbonyl (C=O) groups excluding carboxylic acids is 1. The van der Waals surface area contributed by atoms with E-state index in [1.165, 1.54) is 57.8 Å². The fraction of sp³-hybridized carbons (Fsp3) is 0.625. The first-order valence-electron chi connectivity index (χ1n) is 10.9. The minimum atomic E-state index is -0.378. The van der Waals surface area contributed by atoms with Crippen LogP contribution in [-0.2, 0) is 11.2 Å². The molecule has 0 bridgehead atoms. The van der Waals surface area contributed by atoms with Crippen molar-refractivity contribution in [2.75, 3.05) is 0 Å². The van der Waals surface area contributed by atoms with E-state index in [1.807, 2.05) is 6.07 Å². The van der Waals surface area contributed by atoms with Gasteiger partial charge in [0.2, 0.25) is 0 Å². The average Bonchev–Trinajstić information content (AvgIpc) is 2.65. The molecule has 1 aromatic carbocycles. The van der Waals surface area contributed by atoms with Gasteiger partial charge in [0.15, 0.2) is 0 Å². The summed E-state index contributed by atoms with van der Waals surface area (Å²) in [5.41, 5.74) is 1.26. The van der Waals surface area contributed by atoms with Crippen molar-refractivity contribution < 1.29 is 14.6 Å². The monoisotopic (exact) mass is 372 g/mol. The van der Waals surface area contributed by atoms with E-state index < -0.39 is 0 Å². The number of ether oxygens (including phenoxy) is 1. The first kappa shape index (κ1) is 21.5. The van der Waals surface area contributed by atoms with Crippen LogP contribution in [0.2, 0.25) is 0 Å². The largest absolute Gasteiger partial charge is 0.507 e. The predicted octanol–water partition coefficient (Wildman–Crippen LogP) is 6.73. The number of hydrogen-bond donors (Lipinski definition) is 1. The number of aromatic hydroxyl groups is 1. The highest BCUT2D eigenvalue weighted by Crippen LogP contribution is 2.29. The van der Waals surface area contributed by atoms with E-state index in [0.29, 0.717) is 12.0 Å². The van der Waals surface area contributed by atoms with Crippen LogP contribution in [0.4, 0.5) is 0 Å². The van der Waals surface area contributed by atoms with Crippen LogP contribution in [0, 0.1) is 0 Å². The number of fused-ring (bicyclic) bond motifs is 1. The molecule has 2 rings (SSSR count). The summed E-state index contributed by atoms with van der Waals surface area (Å²) in [5.74, 6) is -0.347. The lowest BCUT2D eigenvalue weighted by Gasteiger charge is -2.25. The molecule has 3 nitrogen and oxygen atoms in total. The second-order valence-corrected chi connectivity index (χ2v) is 7.71. The van der Waals surface area contributed by atoms with Gasteiger partial charge >= 0.3 is 5.97 Å². The van der Waals surface area contributed by atoms with Gasteiger partial charge in [-0.25, -0.2) is 4.79 Å². The summed E-state index contributed by atoms with van der Waals surface area (Å²) in [4.78, 5) is 12.1. The Labute approximate surface area is 164 Å². The number of rotatable bonds is 13. The van der Waals surface area contributed by atoms with E-state index in [4.69, 9.17) is 4.74 Å². The van der Waals surface area contributed by atoms with Crippen molar-refractivity contribution in [2.45, 2.75) is 96.5 Å². The molecular weight excluding hydrogens is 336 g/mol. The van der Waals surface area contributed by atoms with Crippen LogP contribution in [0.15, 0.2) is 30.4 Å². The van der Waals surface area contributed by atoms with Crippen LogP contribution < -0.4 is 0 Å². The van der Waals surface area contributed by atoms with Crippen LogP contribution in [-0.4, -0.2) is 17.2 Å². The third kappa shape index (κ3) is 7.78. The third-order valence-electron chi connectivity index (χ3n) is 5.34. The SMILES string of the molecule is CCCCCCCC/C=C/CCCCC[C@@H]1Cc2cccc(O)c2C(=O)O1. The van der Waals surface area contributed by atoms with Gasteiger partial charge in [0.05, 0.1) is 0 Å². The number of unbranched alkanes of at least 4 members (excludes halogenated alkanes) is 9. The van der Waals surface area contributed by atoms with Gasteiger partial charge < -0.3 is 9.84 Å². The minimum absolute atomic E-state index is 0.0312. The standard InChI is InChI=1S/C24H36O3/c1-2-3-4-5-6-7-8-9-10-11-12-13-14-17-21-19-20-16-15-18-22(25)23(20)24(26)27-21/h9-10,15-16,18,21,25H,2-8,11-14,17,19H2,1H3/b10-9+/t21-/m1/s1. The van der Waals surface area contributed by atoms with E-state index in [-0.39, 0.29) is 17.8 Å². The van der Waals surface area contributed by atoms with Gasteiger partial charge in [0.1, 0.15) is 17.4 Å². The van der Waals surface area contributed by atoms with Crippen molar-refractivity contribution >= 4 is 5.97 Å². The molecule has 1 atom stereocenters. The molecule has 0 amide bonds. The highest BCUT2D eigenvalue weighted by molar-refractivity contribution is 5.95. The number of esters is 1. The lowest BCUT2D eigenvalue weighted by Crippen LogP contribution is -2.27. The highest BCUT2D eigenvalue weighted by atomic mass is 16.5. The second kappa shape index (κ2) is 12.6. The first-order chi connectivity index (χ1) is 13.2. The number of allylic oxidation sites excluding steroid dienone is 2. The zero-order chi connectivity index (χ0) is 19.3. The van der Waals surface area contributed by atoms with E-state index >= 15 is 0 Å². The van der Waals surface area contributed by atoms with Crippen LogP contribution in [0.25, 0.3) is 0 Å². The van der Waals surface area contributed by atoms with Gasteiger partial charge in [-0.3, -0.25) is 0 Å². The number of carbonyl (C=O) groups is 1. The van der Waals surface area contributed by atoms with Crippen LogP contribution >= 0.6 is 0 Å². The number of benzene rings is 1. The Balaban J connectivity index is 1.50. The molecule has 0 fully saturated rings. The molecular formula is C24H36O3. The van der Waals surface area contributed by atoms with E-state index in [9.17, 15) is 9.90 Å². The van der Waals surface area contributed by atoms with Crippen molar-refractivity contribution in [3.8, 4) is 5.75 Å². The summed E-state index contributed by atoms with van der Waals surface area (Å²) in [5, 5.41) is 9.80. The summed E-state index contributed by atoms with van der Waals surface area (Å²) < 4.78 is 5.49. The van der Waals surface area contributed by atoms with E-state index in [0.717, 1.165) is 24.8 Å². The molecule has 0 radical (unpaired) electrons. The Morgan fingerprint density at radius 1 is 1.00 bits per heavy atom. The van der Waals surface area contributed by atoms with E-state index in [1.54, 1.807) is 12.1 Å². The van der Waals surface area contributed by atoms with Gasteiger partial charge in [0.25, 0.3) is 0 Å². The molecule has 1 aliphatic heterocycles. The van der Waals surface area contributed by atoms with E-state index in [2.05, 4.69) is 19.1 Å². The summed E-state index contributed by atoms with van der Waals surface area (Å²) in [6.07, 6.45) is 20.2. The molecule has 0 spiro atoms.